The molecule has 0 aromatic heterocycles. The molecule has 1 saturated heterocycles. The van der Waals surface area contributed by atoms with Gasteiger partial charge in [-0.3, -0.25) is 0 Å². The van der Waals surface area contributed by atoms with E-state index in [9.17, 15) is 0 Å². The maximum Gasteiger partial charge on any atom is 0.143 e. The summed E-state index contributed by atoms with van der Waals surface area (Å²) in [5.41, 5.74) is 3.42. The minimum atomic E-state index is 0.825. The van der Waals surface area contributed by atoms with Crippen LogP contribution in [0.3, 0.4) is 0 Å². The summed E-state index contributed by atoms with van der Waals surface area (Å²) in [5.74, 6) is 3.32. The van der Waals surface area contributed by atoms with Crippen LogP contribution >= 0.6 is 0 Å². The Morgan fingerprint density at radius 2 is 1.43 bits per heavy atom. The monoisotopic (exact) mass is 493 g/mol. The number of methoxy groups -OCH3 is 2. The minimum Gasteiger partial charge on any atom is -0.497 e. The smallest absolute Gasteiger partial charge is 0.143 e. The maximum atomic E-state index is 6.57. The van der Waals surface area contributed by atoms with Gasteiger partial charge in [0.05, 0.1) is 14.2 Å². The van der Waals surface area contributed by atoms with E-state index in [0.29, 0.717) is 0 Å². The number of aryl methyl sites for hydroxylation is 1. The molecule has 37 heavy (non-hydrogen) atoms. The zero-order valence-corrected chi connectivity index (χ0v) is 21.8. The molecule has 0 unspecified atom stereocenters. The second-order valence-electron chi connectivity index (χ2n) is 9.52. The molecular weight excluding hydrogens is 458 g/mol. The summed E-state index contributed by atoms with van der Waals surface area (Å²) in [6, 6.07) is 26.9. The topological polar surface area (TPSA) is 30.9 Å². The predicted octanol–water partition coefficient (Wildman–Crippen LogP) is 8.25. The first-order chi connectivity index (χ1) is 18.2. The summed E-state index contributed by atoms with van der Waals surface area (Å²) < 4.78 is 17.4. The van der Waals surface area contributed by atoms with Crippen molar-refractivity contribution in [3.8, 4) is 34.1 Å². The Morgan fingerprint density at radius 3 is 2.16 bits per heavy atom. The van der Waals surface area contributed by atoms with Crippen LogP contribution in [0.4, 0.5) is 0 Å². The van der Waals surface area contributed by atoms with Gasteiger partial charge in [-0.1, -0.05) is 36.4 Å². The fraction of sp³-hybridized carbons (Fsp3) is 0.273. The van der Waals surface area contributed by atoms with Crippen LogP contribution in [0.1, 0.15) is 31.2 Å². The van der Waals surface area contributed by atoms with Gasteiger partial charge in [-0.05, 0) is 103 Å². The summed E-state index contributed by atoms with van der Waals surface area (Å²) in [6.07, 6.45) is 10.7. The molecule has 5 rings (SSSR count). The number of ether oxygens (including phenoxy) is 3. The molecule has 0 amide bonds. The van der Waals surface area contributed by atoms with Crippen molar-refractivity contribution < 1.29 is 14.2 Å². The Hall–Kier alpha value is -3.92. The highest BCUT2D eigenvalue weighted by Gasteiger charge is 2.14. The number of nitrogens with zero attached hydrogens (tertiary/aromatic N) is 1. The van der Waals surface area contributed by atoms with Crippen molar-refractivity contribution in [3.05, 3.63) is 96.7 Å². The highest BCUT2D eigenvalue weighted by atomic mass is 16.5. The molecule has 0 bridgehead atoms. The first-order valence-electron chi connectivity index (χ1n) is 13.2. The van der Waals surface area contributed by atoms with E-state index in [1.54, 1.807) is 14.2 Å². The molecule has 4 aromatic carbocycles. The van der Waals surface area contributed by atoms with Crippen LogP contribution in [0.5, 0.6) is 23.0 Å². The number of fused-ring (bicyclic) bond motifs is 1. The molecule has 1 aliphatic heterocycles. The number of hydrogen-bond donors (Lipinski definition) is 0. The van der Waals surface area contributed by atoms with Crippen molar-refractivity contribution in [2.75, 3.05) is 27.3 Å². The highest BCUT2D eigenvalue weighted by molar-refractivity contribution is 5.96. The van der Waals surface area contributed by atoms with Gasteiger partial charge in [-0.25, -0.2) is 0 Å². The molecule has 0 spiro atoms. The number of benzene rings is 4. The Balaban J connectivity index is 1.36. The number of hydrogen-bond acceptors (Lipinski definition) is 4. The van der Waals surface area contributed by atoms with Gasteiger partial charge in [0.1, 0.15) is 23.0 Å². The molecule has 0 saturated carbocycles. The van der Waals surface area contributed by atoms with Crippen LogP contribution in [-0.2, 0) is 6.42 Å². The van der Waals surface area contributed by atoms with Crippen molar-refractivity contribution in [1.29, 1.82) is 0 Å². The number of rotatable bonds is 9. The molecule has 4 aromatic rings. The summed E-state index contributed by atoms with van der Waals surface area (Å²) in [5, 5.41) is 2.12. The van der Waals surface area contributed by atoms with E-state index >= 15 is 0 Å². The number of piperidine rings is 1. The fourth-order valence-corrected chi connectivity index (χ4v) is 4.90. The van der Waals surface area contributed by atoms with E-state index in [-0.39, 0.29) is 0 Å². The molecule has 4 heteroatoms. The normalized spacial score (nSPS) is 13.7. The lowest BCUT2D eigenvalue weighted by Crippen LogP contribution is -2.24. The first kappa shape index (κ1) is 24.8. The molecule has 1 aliphatic rings. The summed E-state index contributed by atoms with van der Waals surface area (Å²) >= 11 is 0. The van der Waals surface area contributed by atoms with E-state index in [1.165, 1.54) is 37.9 Å². The highest BCUT2D eigenvalue weighted by Crippen LogP contribution is 2.41. The van der Waals surface area contributed by atoms with Crippen molar-refractivity contribution in [3.63, 3.8) is 0 Å². The molecule has 0 N–H and O–H groups in total. The molecule has 0 aliphatic carbocycles. The average Bonchev–Trinajstić information content (AvgIpc) is 2.96. The molecule has 190 valence electrons. The summed E-state index contributed by atoms with van der Waals surface area (Å²) in [6.45, 7) is 2.39. The lowest BCUT2D eigenvalue weighted by molar-refractivity contribution is 0.308. The molecule has 0 radical (unpaired) electrons. The fourth-order valence-electron chi connectivity index (χ4n) is 4.90. The van der Waals surface area contributed by atoms with Crippen molar-refractivity contribution in [1.82, 2.24) is 4.90 Å². The first-order valence-corrected chi connectivity index (χ1v) is 13.2. The van der Waals surface area contributed by atoms with Crippen LogP contribution in [-0.4, -0.2) is 32.2 Å². The van der Waals surface area contributed by atoms with E-state index < -0.39 is 0 Å². The van der Waals surface area contributed by atoms with Crippen LogP contribution in [0.2, 0.25) is 0 Å². The summed E-state index contributed by atoms with van der Waals surface area (Å²) in [7, 11) is 3.37. The van der Waals surface area contributed by atoms with Gasteiger partial charge in [-0.15, -0.1) is 0 Å². The molecular formula is C33H35NO3. The van der Waals surface area contributed by atoms with Gasteiger partial charge in [0.15, 0.2) is 0 Å². The zero-order valence-electron chi connectivity index (χ0n) is 21.8. The van der Waals surface area contributed by atoms with Gasteiger partial charge >= 0.3 is 0 Å². The van der Waals surface area contributed by atoms with Crippen LogP contribution < -0.4 is 14.2 Å². The Labute approximate surface area is 220 Å². The van der Waals surface area contributed by atoms with Crippen molar-refractivity contribution in [2.45, 2.75) is 32.1 Å². The number of allylic oxidation sites excluding steroid dienone is 1. The molecule has 1 fully saturated rings. The van der Waals surface area contributed by atoms with Gasteiger partial charge in [0.25, 0.3) is 0 Å². The molecule has 1 heterocycles. The molecule has 4 nitrogen and oxygen atoms in total. The van der Waals surface area contributed by atoms with E-state index in [4.69, 9.17) is 14.2 Å². The van der Waals surface area contributed by atoms with E-state index in [2.05, 4.69) is 71.8 Å². The number of likely N-dealkylation sites (tertiary alicyclic amines) is 1. The maximum absolute atomic E-state index is 6.57. The van der Waals surface area contributed by atoms with E-state index in [1.807, 2.05) is 24.3 Å². The average molecular weight is 494 g/mol. The van der Waals surface area contributed by atoms with Gasteiger partial charge in [0, 0.05) is 24.0 Å². The van der Waals surface area contributed by atoms with Crippen molar-refractivity contribution >= 4 is 10.8 Å². The lowest BCUT2D eigenvalue weighted by atomic mass is 9.99. The van der Waals surface area contributed by atoms with E-state index in [0.717, 1.165) is 57.7 Å². The third kappa shape index (κ3) is 6.08. The largest absolute Gasteiger partial charge is 0.497 e. The predicted molar refractivity (Wildman–Crippen MR) is 152 cm³/mol. The Kier molecular flexibility index (Phi) is 7.95. The van der Waals surface area contributed by atoms with Crippen LogP contribution in [0.15, 0.2) is 91.1 Å². The Bertz CT molecular complexity index is 1340. The van der Waals surface area contributed by atoms with Crippen LogP contribution in [0.25, 0.3) is 21.9 Å². The third-order valence-corrected chi connectivity index (χ3v) is 7.03. The lowest BCUT2D eigenvalue weighted by Gasteiger charge is -2.24. The standard InChI is InChI=1S/C33H35NO3/c1-35-28-16-11-26(12-17-28)31-19-13-27-24-30(36-2)18-20-32(27)33(31)37-29-14-9-25(10-15-29)8-4-7-23-34-21-5-3-6-22-34/h7,9-20,23-24H,3-6,8,21-22H2,1-2H3. The second kappa shape index (κ2) is 11.9. The third-order valence-electron chi connectivity index (χ3n) is 7.03. The SMILES string of the molecule is COc1ccc(-c2ccc3cc(OC)ccc3c2Oc2ccc(CCC=CN3CCCCC3)cc2)cc1. The van der Waals surface area contributed by atoms with Gasteiger partial charge in [-0.2, -0.15) is 0 Å². The van der Waals surface area contributed by atoms with Gasteiger partial charge in [0.2, 0.25) is 0 Å². The quantitative estimate of drug-likeness (QED) is 0.235. The van der Waals surface area contributed by atoms with Crippen molar-refractivity contribution in [2.24, 2.45) is 0 Å². The summed E-state index contributed by atoms with van der Waals surface area (Å²) in [4.78, 5) is 2.45. The van der Waals surface area contributed by atoms with Gasteiger partial charge < -0.3 is 19.1 Å². The minimum absolute atomic E-state index is 0.825. The molecule has 0 atom stereocenters. The van der Waals surface area contributed by atoms with Crippen LogP contribution in [0, 0.1) is 0 Å². The second-order valence-corrected chi connectivity index (χ2v) is 9.52. The Morgan fingerprint density at radius 1 is 0.730 bits per heavy atom. The zero-order chi connectivity index (χ0) is 25.5.